The molecule has 0 unspecified atom stereocenters. The minimum atomic E-state index is -3.93. The molecule has 4 aromatic rings. The molecule has 4 rings (SSSR count). The zero-order valence-corrected chi connectivity index (χ0v) is 17.4. The van der Waals surface area contributed by atoms with Gasteiger partial charge < -0.3 is 14.4 Å². The standard InChI is InChI=1S/C18H17N5O5S2/c1-2-7-23(10-15-21-22-18(28-15)14-4-3-8-29-14)30(26,27)11-5-6-12-13(9-11)20-17(25)16(24)19-12/h3-6,8-9H,2,7,10H2,1H3,(H,19,24)(H,20,25). The van der Waals surface area contributed by atoms with E-state index in [0.717, 1.165) is 4.88 Å². The van der Waals surface area contributed by atoms with Crippen molar-refractivity contribution in [2.45, 2.75) is 24.8 Å². The second-order valence-electron chi connectivity index (χ2n) is 6.43. The second-order valence-corrected chi connectivity index (χ2v) is 9.32. The van der Waals surface area contributed by atoms with Crippen LogP contribution in [0.4, 0.5) is 0 Å². The Kier molecular flexibility index (Phi) is 5.37. The van der Waals surface area contributed by atoms with Crippen molar-refractivity contribution in [3.8, 4) is 10.8 Å². The second kappa shape index (κ2) is 7.97. The topological polar surface area (TPSA) is 142 Å². The van der Waals surface area contributed by atoms with E-state index < -0.39 is 21.1 Å². The third-order valence-electron chi connectivity index (χ3n) is 4.31. The molecule has 30 heavy (non-hydrogen) atoms. The zero-order chi connectivity index (χ0) is 21.3. The van der Waals surface area contributed by atoms with Gasteiger partial charge in [0.1, 0.15) is 0 Å². The number of benzene rings is 1. The van der Waals surface area contributed by atoms with E-state index in [9.17, 15) is 18.0 Å². The first-order valence-electron chi connectivity index (χ1n) is 9.01. The van der Waals surface area contributed by atoms with Gasteiger partial charge in [0.2, 0.25) is 15.9 Å². The van der Waals surface area contributed by atoms with Gasteiger partial charge in [-0.3, -0.25) is 9.59 Å². The molecule has 0 saturated carbocycles. The maximum absolute atomic E-state index is 13.2. The van der Waals surface area contributed by atoms with Gasteiger partial charge in [0.15, 0.2) is 0 Å². The van der Waals surface area contributed by atoms with E-state index in [1.165, 1.54) is 33.8 Å². The number of hydrogen-bond donors (Lipinski definition) is 2. The van der Waals surface area contributed by atoms with Crippen molar-refractivity contribution in [2.24, 2.45) is 0 Å². The number of fused-ring (bicyclic) bond motifs is 1. The summed E-state index contributed by atoms with van der Waals surface area (Å²) in [6.45, 7) is 2.00. The number of hydrogen-bond acceptors (Lipinski definition) is 8. The molecule has 0 aliphatic rings. The van der Waals surface area contributed by atoms with Crippen LogP contribution in [0.25, 0.3) is 21.8 Å². The van der Waals surface area contributed by atoms with Crippen LogP contribution in [-0.4, -0.2) is 39.4 Å². The first-order chi connectivity index (χ1) is 14.4. The van der Waals surface area contributed by atoms with E-state index in [2.05, 4.69) is 20.2 Å². The Morgan fingerprint density at radius 2 is 1.87 bits per heavy atom. The SMILES string of the molecule is CCCN(Cc1nnc(-c2cccs2)o1)S(=O)(=O)c1ccc2[nH]c(=O)c(=O)[nH]c2c1. The van der Waals surface area contributed by atoms with Gasteiger partial charge in [0.05, 0.1) is 27.4 Å². The van der Waals surface area contributed by atoms with Crippen LogP contribution in [0.15, 0.2) is 54.6 Å². The summed E-state index contributed by atoms with van der Waals surface area (Å²) in [5.74, 6) is 0.509. The smallest absolute Gasteiger partial charge is 0.314 e. The molecule has 1 aromatic carbocycles. The highest BCUT2D eigenvalue weighted by Crippen LogP contribution is 2.25. The average molecular weight is 447 g/mol. The van der Waals surface area contributed by atoms with E-state index in [1.54, 1.807) is 0 Å². The Hall–Kier alpha value is -3.09. The van der Waals surface area contributed by atoms with Crippen molar-refractivity contribution >= 4 is 32.4 Å². The molecule has 156 valence electrons. The molecule has 2 N–H and O–H groups in total. The lowest BCUT2D eigenvalue weighted by Crippen LogP contribution is -2.32. The van der Waals surface area contributed by atoms with E-state index in [-0.39, 0.29) is 29.4 Å². The molecule has 0 aliphatic carbocycles. The van der Waals surface area contributed by atoms with Crippen molar-refractivity contribution in [2.75, 3.05) is 6.54 Å². The molecule has 12 heteroatoms. The molecule has 0 saturated heterocycles. The highest BCUT2D eigenvalue weighted by molar-refractivity contribution is 7.89. The van der Waals surface area contributed by atoms with Crippen LogP contribution >= 0.6 is 11.3 Å². The van der Waals surface area contributed by atoms with E-state index in [0.29, 0.717) is 17.8 Å². The predicted molar refractivity (Wildman–Crippen MR) is 111 cm³/mol. The van der Waals surface area contributed by atoms with Gasteiger partial charge in [-0.05, 0) is 36.1 Å². The van der Waals surface area contributed by atoms with Crippen molar-refractivity contribution in [3.63, 3.8) is 0 Å². The van der Waals surface area contributed by atoms with Crippen molar-refractivity contribution in [1.29, 1.82) is 0 Å². The Morgan fingerprint density at radius 3 is 2.57 bits per heavy atom. The third kappa shape index (κ3) is 3.84. The number of H-pyrrole nitrogens is 2. The lowest BCUT2D eigenvalue weighted by molar-refractivity contribution is 0.357. The first-order valence-corrected chi connectivity index (χ1v) is 11.3. The summed E-state index contributed by atoms with van der Waals surface area (Å²) in [6.07, 6.45) is 0.572. The van der Waals surface area contributed by atoms with Gasteiger partial charge in [0, 0.05) is 6.54 Å². The quantitative estimate of drug-likeness (QED) is 0.412. The predicted octanol–water partition coefficient (Wildman–Crippen LogP) is 1.93. The van der Waals surface area contributed by atoms with Crippen LogP contribution in [0.1, 0.15) is 19.2 Å². The van der Waals surface area contributed by atoms with E-state index in [1.807, 2.05) is 24.4 Å². The molecule has 3 aromatic heterocycles. The highest BCUT2D eigenvalue weighted by Gasteiger charge is 2.26. The van der Waals surface area contributed by atoms with Gasteiger partial charge in [-0.25, -0.2) is 8.42 Å². The maximum atomic E-state index is 13.2. The molecular weight excluding hydrogens is 430 g/mol. The lowest BCUT2D eigenvalue weighted by Gasteiger charge is -2.20. The lowest BCUT2D eigenvalue weighted by atomic mass is 10.3. The molecule has 0 fully saturated rings. The summed E-state index contributed by atoms with van der Waals surface area (Å²) in [5, 5.41) is 9.83. The van der Waals surface area contributed by atoms with Crippen LogP contribution in [0, 0.1) is 0 Å². The fourth-order valence-electron chi connectivity index (χ4n) is 2.91. The van der Waals surface area contributed by atoms with E-state index >= 15 is 0 Å². The molecule has 0 atom stereocenters. The van der Waals surface area contributed by atoms with Crippen LogP contribution in [0.2, 0.25) is 0 Å². The number of rotatable bonds is 7. The molecule has 0 aliphatic heterocycles. The summed E-state index contributed by atoms with van der Waals surface area (Å²) < 4.78 is 33.3. The normalized spacial score (nSPS) is 12.1. The molecule has 0 spiro atoms. The number of nitrogens with one attached hydrogen (secondary N) is 2. The Morgan fingerprint density at radius 1 is 1.10 bits per heavy atom. The van der Waals surface area contributed by atoms with Crippen molar-refractivity contribution < 1.29 is 12.8 Å². The van der Waals surface area contributed by atoms with Gasteiger partial charge >= 0.3 is 11.1 Å². The zero-order valence-electron chi connectivity index (χ0n) is 15.8. The fourth-order valence-corrected chi connectivity index (χ4v) is 5.06. The van der Waals surface area contributed by atoms with Gasteiger partial charge in [-0.2, -0.15) is 4.31 Å². The molecule has 0 radical (unpaired) electrons. The molecule has 0 amide bonds. The minimum Gasteiger partial charge on any atom is -0.418 e. The number of sulfonamides is 1. The first kappa shape index (κ1) is 20.2. The van der Waals surface area contributed by atoms with Gasteiger partial charge in [-0.1, -0.05) is 13.0 Å². The van der Waals surface area contributed by atoms with Crippen LogP contribution in [0.3, 0.4) is 0 Å². The summed E-state index contributed by atoms with van der Waals surface area (Å²) in [4.78, 5) is 28.6. The monoisotopic (exact) mass is 447 g/mol. The maximum Gasteiger partial charge on any atom is 0.314 e. The minimum absolute atomic E-state index is 0.0239. The Bertz CT molecular complexity index is 1400. The average Bonchev–Trinajstić information content (AvgIpc) is 3.40. The number of aromatic nitrogens is 4. The highest BCUT2D eigenvalue weighted by atomic mass is 32.2. The Balaban J connectivity index is 1.67. The van der Waals surface area contributed by atoms with Gasteiger partial charge in [0.25, 0.3) is 5.89 Å². The van der Waals surface area contributed by atoms with Crippen LogP contribution in [0.5, 0.6) is 0 Å². The molecule has 0 bridgehead atoms. The van der Waals surface area contributed by atoms with Crippen LogP contribution < -0.4 is 11.1 Å². The number of aromatic amines is 2. The molecular formula is C18H17N5O5S2. The van der Waals surface area contributed by atoms with E-state index in [4.69, 9.17) is 4.42 Å². The number of nitrogens with zero attached hydrogens (tertiary/aromatic N) is 3. The molecule has 3 heterocycles. The summed E-state index contributed by atoms with van der Waals surface area (Å²) in [5.41, 5.74) is -1.11. The van der Waals surface area contributed by atoms with Crippen molar-refractivity contribution in [1.82, 2.24) is 24.5 Å². The summed E-state index contributed by atoms with van der Waals surface area (Å²) in [6, 6.07) is 7.82. The third-order valence-corrected chi connectivity index (χ3v) is 7.01. The summed E-state index contributed by atoms with van der Waals surface area (Å²) >= 11 is 1.44. The largest absolute Gasteiger partial charge is 0.418 e. The van der Waals surface area contributed by atoms with Gasteiger partial charge in [-0.15, -0.1) is 21.5 Å². The molecule has 10 nitrogen and oxygen atoms in total. The fraction of sp³-hybridized carbons (Fsp3) is 0.222. The number of thiophene rings is 1. The van der Waals surface area contributed by atoms with Crippen LogP contribution in [-0.2, 0) is 16.6 Å². The summed E-state index contributed by atoms with van der Waals surface area (Å²) in [7, 11) is -3.93. The Labute approximate surface area is 174 Å². The van der Waals surface area contributed by atoms with Crippen molar-refractivity contribution in [3.05, 3.63) is 62.3 Å².